The number of halogens is 2. The van der Waals surface area contributed by atoms with Gasteiger partial charge in [-0.3, -0.25) is 0 Å². The smallest absolute Gasteiger partial charge is 0.264 e. The van der Waals surface area contributed by atoms with Crippen molar-refractivity contribution in [2.45, 2.75) is 45.3 Å². The Morgan fingerprint density at radius 2 is 2.12 bits per heavy atom. The minimum absolute atomic E-state index is 0.00838. The lowest BCUT2D eigenvalue weighted by Gasteiger charge is -2.09. The third-order valence-corrected chi connectivity index (χ3v) is 2.19. The van der Waals surface area contributed by atoms with Gasteiger partial charge in [0.25, 0.3) is 6.43 Å². The zero-order valence-corrected chi connectivity index (χ0v) is 9.77. The van der Waals surface area contributed by atoms with Crippen molar-refractivity contribution in [1.82, 2.24) is 10.1 Å². The summed E-state index contributed by atoms with van der Waals surface area (Å²) >= 11 is 0. The first-order chi connectivity index (χ1) is 8.08. The molecule has 1 rings (SSSR count). The molecule has 7 heteroatoms. The average molecular weight is 250 g/mol. The van der Waals surface area contributed by atoms with Gasteiger partial charge in [0, 0.05) is 6.61 Å². The van der Waals surface area contributed by atoms with E-state index >= 15 is 0 Å². The van der Waals surface area contributed by atoms with Crippen LogP contribution in [0, 0.1) is 0 Å². The highest BCUT2D eigenvalue weighted by molar-refractivity contribution is 4.92. The molecule has 98 valence electrons. The van der Waals surface area contributed by atoms with Crippen molar-refractivity contribution < 1.29 is 23.1 Å². The molecule has 0 aromatic carbocycles. The van der Waals surface area contributed by atoms with Crippen LogP contribution in [-0.4, -0.2) is 34.4 Å². The van der Waals surface area contributed by atoms with Gasteiger partial charge in [-0.2, -0.15) is 4.98 Å². The molecular weight excluding hydrogens is 234 g/mol. The van der Waals surface area contributed by atoms with E-state index in [4.69, 9.17) is 14.4 Å². The van der Waals surface area contributed by atoms with Gasteiger partial charge in [-0.25, -0.2) is 8.78 Å². The SMILES string of the molecule is CCOC(CC)c1noc(CC(O)C(F)F)n1. The highest BCUT2D eigenvalue weighted by Crippen LogP contribution is 2.18. The molecule has 0 saturated heterocycles. The number of hydrogen-bond donors (Lipinski definition) is 1. The fraction of sp³-hybridized carbons (Fsp3) is 0.800. The molecule has 2 unspecified atom stereocenters. The average Bonchev–Trinajstić information content (AvgIpc) is 2.74. The summed E-state index contributed by atoms with van der Waals surface area (Å²) in [5.41, 5.74) is 0. The summed E-state index contributed by atoms with van der Waals surface area (Å²) in [5.74, 6) is 0.316. The fourth-order valence-corrected chi connectivity index (χ4v) is 1.33. The Kier molecular flexibility index (Phi) is 5.43. The van der Waals surface area contributed by atoms with Gasteiger partial charge in [0.15, 0.2) is 0 Å². The summed E-state index contributed by atoms with van der Waals surface area (Å²) in [6, 6.07) is 0. The summed E-state index contributed by atoms with van der Waals surface area (Å²) in [6.45, 7) is 4.23. The van der Waals surface area contributed by atoms with Crippen LogP contribution >= 0.6 is 0 Å². The Bertz CT molecular complexity index is 333. The predicted octanol–water partition coefficient (Wildman–Crippen LogP) is 1.73. The van der Waals surface area contributed by atoms with Crippen molar-refractivity contribution in [3.8, 4) is 0 Å². The highest BCUT2D eigenvalue weighted by Gasteiger charge is 2.22. The van der Waals surface area contributed by atoms with Gasteiger partial charge < -0.3 is 14.4 Å². The molecule has 0 aliphatic heterocycles. The number of rotatable bonds is 7. The lowest BCUT2D eigenvalue weighted by atomic mass is 10.2. The predicted molar refractivity (Wildman–Crippen MR) is 54.7 cm³/mol. The standard InChI is InChI=1S/C10H16F2N2O3/c1-3-7(16-4-2)10-13-8(17-14-10)5-6(15)9(11)12/h6-7,9,15H,3-5H2,1-2H3. The second-order valence-electron chi connectivity index (χ2n) is 3.50. The van der Waals surface area contributed by atoms with Crippen LogP contribution in [0.4, 0.5) is 8.78 Å². The molecule has 5 nitrogen and oxygen atoms in total. The van der Waals surface area contributed by atoms with Crippen LogP contribution in [0.25, 0.3) is 0 Å². The minimum Gasteiger partial charge on any atom is -0.387 e. The molecule has 0 aliphatic carbocycles. The van der Waals surface area contributed by atoms with E-state index in [-0.39, 0.29) is 18.4 Å². The Balaban J connectivity index is 2.63. The first-order valence-electron chi connectivity index (χ1n) is 5.48. The number of ether oxygens (including phenoxy) is 1. The van der Waals surface area contributed by atoms with Crippen molar-refractivity contribution in [3.05, 3.63) is 11.7 Å². The molecule has 1 aromatic rings. The first kappa shape index (κ1) is 14.0. The van der Waals surface area contributed by atoms with Gasteiger partial charge in [-0.15, -0.1) is 0 Å². The maximum Gasteiger partial charge on any atom is 0.264 e. The number of aliphatic hydroxyl groups is 1. The largest absolute Gasteiger partial charge is 0.387 e. The van der Waals surface area contributed by atoms with Crippen molar-refractivity contribution in [2.24, 2.45) is 0 Å². The Morgan fingerprint density at radius 3 is 2.65 bits per heavy atom. The van der Waals surface area contributed by atoms with E-state index in [1.54, 1.807) is 0 Å². The van der Waals surface area contributed by atoms with Crippen LogP contribution in [-0.2, 0) is 11.2 Å². The monoisotopic (exact) mass is 250 g/mol. The zero-order valence-electron chi connectivity index (χ0n) is 9.77. The van der Waals surface area contributed by atoms with Crippen LogP contribution < -0.4 is 0 Å². The Morgan fingerprint density at radius 1 is 1.41 bits per heavy atom. The molecule has 17 heavy (non-hydrogen) atoms. The van der Waals surface area contributed by atoms with E-state index in [1.165, 1.54) is 0 Å². The van der Waals surface area contributed by atoms with Crippen molar-refractivity contribution in [1.29, 1.82) is 0 Å². The number of nitrogens with zero attached hydrogens (tertiary/aromatic N) is 2. The normalized spacial score (nSPS) is 15.2. The quantitative estimate of drug-likeness (QED) is 0.798. The van der Waals surface area contributed by atoms with Gasteiger partial charge in [0.05, 0.1) is 6.42 Å². The molecule has 1 heterocycles. The second kappa shape index (κ2) is 6.61. The van der Waals surface area contributed by atoms with E-state index in [2.05, 4.69) is 10.1 Å². The molecule has 0 aliphatic rings. The maximum atomic E-state index is 12.1. The first-order valence-corrected chi connectivity index (χ1v) is 5.48. The van der Waals surface area contributed by atoms with E-state index in [1.807, 2.05) is 13.8 Å². The maximum absolute atomic E-state index is 12.1. The van der Waals surface area contributed by atoms with Crippen LogP contribution in [0.2, 0.25) is 0 Å². The second-order valence-corrected chi connectivity index (χ2v) is 3.50. The van der Waals surface area contributed by atoms with E-state index in [0.717, 1.165) is 0 Å². The van der Waals surface area contributed by atoms with E-state index in [9.17, 15) is 8.78 Å². The van der Waals surface area contributed by atoms with Crippen molar-refractivity contribution >= 4 is 0 Å². The van der Waals surface area contributed by atoms with Crippen LogP contribution in [0.1, 0.15) is 38.1 Å². The lowest BCUT2D eigenvalue weighted by molar-refractivity contribution is -0.00754. The third-order valence-electron chi connectivity index (χ3n) is 2.19. The van der Waals surface area contributed by atoms with E-state index in [0.29, 0.717) is 18.9 Å². The number of aliphatic hydroxyl groups excluding tert-OH is 1. The summed E-state index contributed by atoms with van der Waals surface area (Å²) in [7, 11) is 0. The van der Waals surface area contributed by atoms with Crippen LogP contribution in [0.5, 0.6) is 0 Å². The fourth-order valence-electron chi connectivity index (χ4n) is 1.33. The van der Waals surface area contributed by atoms with Gasteiger partial charge >= 0.3 is 0 Å². The Hall–Kier alpha value is -1.08. The molecule has 1 N–H and O–H groups in total. The zero-order chi connectivity index (χ0) is 12.8. The summed E-state index contributed by atoms with van der Waals surface area (Å²) in [5, 5.41) is 12.6. The van der Waals surface area contributed by atoms with Crippen LogP contribution in [0.15, 0.2) is 4.52 Å². The van der Waals surface area contributed by atoms with E-state index < -0.39 is 12.5 Å². The molecule has 0 fully saturated rings. The molecular formula is C10H16F2N2O3. The molecule has 0 saturated carbocycles. The minimum atomic E-state index is -2.82. The highest BCUT2D eigenvalue weighted by atomic mass is 19.3. The summed E-state index contributed by atoms with van der Waals surface area (Å²) in [4.78, 5) is 3.93. The molecule has 1 aromatic heterocycles. The molecule has 0 bridgehead atoms. The number of aromatic nitrogens is 2. The van der Waals surface area contributed by atoms with Gasteiger partial charge in [0.2, 0.25) is 11.7 Å². The number of alkyl halides is 2. The molecule has 0 amide bonds. The summed E-state index contributed by atoms with van der Waals surface area (Å²) < 4.78 is 34.3. The van der Waals surface area contributed by atoms with Crippen molar-refractivity contribution in [3.63, 3.8) is 0 Å². The van der Waals surface area contributed by atoms with Gasteiger partial charge in [-0.1, -0.05) is 12.1 Å². The number of hydrogen-bond acceptors (Lipinski definition) is 5. The van der Waals surface area contributed by atoms with Gasteiger partial charge in [0.1, 0.15) is 12.2 Å². The lowest BCUT2D eigenvalue weighted by Crippen LogP contribution is -2.20. The van der Waals surface area contributed by atoms with Crippen LogP contribution in [0.3, 0.4) is 0 Å². The van der Waals surface area contributed by atoms with Gasteiger partial charge in [-0.05, 0) is 13.3 Å². The Labute approximate surface area is 97.8 Å². The molecule has 2 atom stereocenters. The molecule has 0 spiro atoms. The third kappa shape index (κ3) is 4.01. The molecule has 0 radical (unpaired) electrons. The summed E-state index contributed by atoms with van der Waals surface area (Å²) in [6.07, 6.45) is -4.60. The van der Waals surface area contributed by atoms with Crippen molar-refractivity contribution in [2.75, 3.05) is 6.61 Å². The topological polar surface area (TPSA) is 68.4 Å².